The molecular formula is C7H9N3. The molecule has 0 saturated heterocycles. The van der Waals surface area contributed by atoms with E-state index in [1.165, 1.54) is 0 Å². The Bertz CT molecular complexity index is 232. The molecule has 1 aromatic heterocycles. The Morgan fingerprint density at radius 3 is 3.00 bits per heavy atom. The van der Waals surface area contributed by atoms with Crippen molar-refractivity contribution in [2.24, 2.45) is 4.99 Å². The predicted octanol–water partition coefficient (Wildman–Crippen LogP) is 1.46. The minimum Gasteiger partial charge on any atom is -0.386 e. The molecule has 1 aromatic rings. The lowest BCUT2D eigenvalue weighted by molar-refractivity contribution is 1.30. The molecule has 0 aliphatic heterocycles. The van der Waals surface area contributed by atoms with Gasteiger partial charge < -0.3 is 5.32 Å². The molecule has 0 aromatic carbocycles. The van der Waals surface area contributed by atoms with E-state index in [1.807, 2.05) is 13.1 Å². The molecule has 1 N–H and O–H groups in total. The molecule has 10 heavy (non-hydrogen) atoms. The fourth-order valence-electron chi connectivity index (χ4n) is 0.724. The maximum atomic E-state index is 3.89. The van der Waals surface area contributed by atoms with Crippen LogP contribution in [-0.4, -0.2) is 18.7 Å². The van der Waals surface area contributed by atoms with Gasteiger partial charge in [-0.3, -0.25) is 9.98 Å². The number of hydrogen-bond donors (Lipinski definition) is 1. The third-order valence-electron chi connectivity index (χ3n) is 1.24. The summed E-state index contributed by atoms with van der Waals surface area (Å²) in [7, 11) is 1.84. The highest BCUT2D eigenvalue weighted by Crippen LogP contribution is 2.20. The molecule has 0 unspecified atom stereocenters. The van der Waals surface area contributed by atoms with Crippen molar-refractivity contribution in [2.45, 2.75) is 0 Å². The quantitative estimate of drug-likeness (QED) is 0.623. The predicted molar refractivity (Wildman–Crippen MR) is 43.0 cm³/mol. The first kappa shape index (κ1) is 6.74. The second-order valence-electron chi connectivity index (χ2n) is 1.80. The molecule has 0 aliphatic carbocycles. The highest BCUT2D eigenvalue weighted by Gasteiger charge is 1.93. The Labute approximate surface area is 59.8 Å². The van der Waals surface area contributed by atoms with E-state index in [-0.39, 0.29) is 0 Å². The zero-order valence-electron chi connectivity index (χ0n) is 5.83. The molecule has 52 valence electrons. The summed E-state index contributed by atoms with van der Waals surface area (Å²) in [5.41, 5.74) is 1.73. The van der Waals surface area contributed by atoms with E-state index in [2.05, 4.69) is 22.0 Å². The fraction of sp³-hybridized carbons (Fsp3) is 0.143. The molecule has 0 amide bonds. The molecule has 3 nitrogen and oxygen atoms in total. The summed E-state index contributed by atoms with van der Waals surface area (Å²) in [6.45, 7) is 3.41. The van der Waals surface area contributed by atoms with E-state index in [0.717, 1.165) is 11.4 Å². The fourth-order valence-corrected chi connectivity index (χ4v) is 0.724. The van der Waals surface area contributed by atoms with Gasteiger partial charge in [-0.25, -0.2) is 0 Å². The van der Waals surface area contributed by atoms with E-state index in [4.69, 9.17) is 0 Å². The zero-order valence-corrected chi connectivity index (χ0v) is 5.83. The van der Waals surface area contributed by atoms with E-state index < -0.39 is 0 Å². The van der Waals surface area contributed by atoms with Gasteiger partial charge in [-0.2, -0.15) is 0 Å². The highest BCUT2D eigenvalue weighted by molar-refractivity contribution is 5.65. The lowest BCUT2D eigenvalue weighted by Gasteiger charge is -2.00. The van der Waals surface area contributed by atoms with Gasteiger partial charge in [0.05, 0.1) is 11.9 Å². The Balaban J connectivity index is 3.08. The van der Waals surface area contributed by atoms with Crippen LogP contribution in [0.3, 0.4) is 0 Å². The second-order valence-corrected chi connectivity index (χ2v) is 1.80. The van der Waals surface area contributed by atoms with Crippen molar-refractivity contribution in [1.82, 2.24) is 4.98 Å². The van der Waals surface area contributed by atoms with Gasteiger partial charge in [0, 0.05) is 13.2 Å². The molecule has 1 heterocycles. The summed E-state index contributed by atoms with van der Waals surface area (Å²) in [6, 6.07) is 1.85. The van der Waals surface area contributed by atoms with Gasteiger partial charge >= 0.3 is 0 Å². The third kappa shape index (κ3) is 1.13. The van der Waals surface area contributed by atoms with E-state index >= 15 is 0 Å². The van der Waals surface area contributed by atoms with Crippen molar-refractivity contribution in [2.75, 3.05) is 12.4 Å². The number of pyridine rings is 1. The first-order valence-electron chi connectivity index (χ1n) is 2.97. The van der Waals surface area contributed by atoms with Crippen molar-refractivity contribution in [1.29, 1.82) is 0 Å². The van der Waals surface area contributed by atoms with E-state index in [0.29, 0.717) is 0 Å². The summed E-state index contributed by atoms with van der Waals surface area (Å²) in [4.78, 5) is 7.66. The van der Waals surface area contributed by atoms with Gasteiger partial charge in [0.1, 0.15) is 5.69 Å². The van der Waals surface area contributed by atoms with Crippen LogP contribution in [0.2, 0.25) is 0 Å². The Morgan fingerprint density at radius 2 is 2.50 bits per heavy atom. The van der Waals surface area contributed by atoms with Crippen molar-refractivity contribution >= 4 is 18.1 Å². The van der Waals surface area contributed by atoms with Gasteiger partial charge in [-0.15, -0.1) is 0 Å². The van der Waals surface area contributed by atoms with Crippen LogP contribution in [-0.2, 0) is 0 Å². The minimum atomic E-state index is 0.782. The molecular weight excluding hydrogens is 126 g/mol. The van der Waals surface area contributed by atoms with E-state index in [1.54, 1.807) is 12.4 Å². The topological polar surface area (TPSA) is 37.3 Å². The largest absolute Gasteiger partial charge is 0.386 e. The summed E-state index contributed by atoms with van der Waals surface area (Å²) >= 11 is 0. The van der Waals surface area contributed by atoms with Crippen molar-refractivity contribution in [3.05, 3.63) is 18.5 Å². The first-order valence-corrected chi connectivity index (χ1v) is 2.97. The van der Waals surface area contributed by atoms with Gasteiger partial charge in [-0.05, 0) is 12.8 Å². The monoisotopic (exact) mass is 135 g/mol. The zero-order chi connectivity index (χ0) is 7.40. The van der Waals surface area contributed by atoms with Crippen LogP contribution >= 0.6 is 0 Å². The molecule has 0 radical (unpaired) electrons. The summed E-state index contributed by atoms with van der Waals surface area (Å²) in [5.74, 6) is 0. The van der Waals surface area contributed by atoms with Gasteiger partial charge in [0.15, 0.2) is 0 Å². The third-order valence-corrected chi connectivity index (χ3v) is 1.24. The SMILES string of the molecule is C=Nc1cnccc1NC. The van der Waals surface area contributed by atoms with Crippen LogP contribution in [0, 0.1) is 0 Å². The summed E-state index contributed by atoms with van der Waals surface area (Å²) in [5, 5.41) is 2.97. The number of nitrogens with one attached hydrogen (secondary N) is 1. The number of hydrogen-bond acceptors (Lipinski definition) is 3. The summed E-state index contributed by atoms with van der Waals surface area (Å²) < 4.78 is 0. The Hall–Kier alpha value is -1.38. The van der Waals surface area contributed by atoms with E-state index in [9.17, 15) is 0 Å². The molecule has 1 rings (SSSR count). The Kier molecular flexibility index (Phi) is 1.99. The summed E-state index contributed by atoms with van der Waals surface area (Å²) in [6.07, 6.45) is 3.37. The van der Waals surface area contributed by atoms with Crippen LogP contribution in [0.15, 0.2) is 23.5 Å². The standard InChI is InChI=1S/C7H9N3/c1-8-6-3-4-10-5-7(6)9-2/h3-5H,2H2,1H3,(H,8,10). The van der Waals surface area contributed by atoms with Crippen LogP contribution in [0.5, 0.6) is 0 Å². The number of anilines is 1. The molecule has 0 fully saturated rings. The smallest absolute Gasteiger partial charge is 0.104 e. The molecule has 0 saturated carbocycles. The van der Waals surface area contributed by atoms with Crippen LogP contribution in [0.4, 0.5) is 11.4 Å². The number of aliphatic imine (C=N–C) groups is 1. The van der Waals surface area contributed by atoms with Crippen LogP contribution in [0.25, 0.3) is 0 Å². The molecule has 0 bridgehead atoms. The van der Waals surface area contributed by atoms with Gasteiger partial charge in [-0.1, -0.05) is 0 Å². The lowest BCUT2D eigenvalue weighted by Crippen LogP contribution is -1.87. The average molecular weight is 135 g/mol. The molecule has 0 aliphatic rings. The first-order chi connectivity index (χ1) is 4.88. The minimum absolute atomic E-state index is 0.782. The van der Waals surface area contributed by atoms with Crippen molar-refractivity contribution < 1.29 is 0 Å². The molecule has 0 atom stereocenters. The second kappa shape index (κ2) is 2.96. The van der Waals surface area contributed by atoms with Gasteiger partial charge in [0.2, 0.25) is 0 Å². The number of rotatable bonds is 2. The van der Waals surface area contributed by atoms with Crippen LogP contribution < -0.4 is 5.32 Å². The maximum Gasteiger partial charge on any atom is 0.104 e. The molecule has 0 spiro atoms. The normalized spacial score (nSPS) is 8.90. The number of aromatic nitrogens is 1. The Morgan fingerprint density at radius 1 is 1.70 bits per heavy atom. The van der Waals surface area contributed by atoms with Crippen molar-refractivity contribution in [3.63, 3.8) is 0 Å². The van der Waals surface area contributed by atoms with Crippen LogP contribution in [0.1, 0.15) is 0 Å². The average Bonchev–Trinajstić information content (AvgIpc) is 2.04. The lowest BCUT2D eigenvalue weighted by atomic mass is 10.3. The van der Waals surface area contributed by atoms with Gasteiger partial charge in [0.25, 0.3) is 0 Å². The molecule has 3 heteroatoms. The van der Waals surface area contributed by atoms with Crippen molar-refractivity contribution in [3.8, 4) is 0 Å². The maximum absolute atomic E-state index is 3.89. The highest BCUT2D eigenvalue weighted by atomic mass is 14.9. The number of nitrogens with zero attached hydrogens (tertiary/aromatic N) is 2.